The average molecular weight is 363 g/mol. The maximum atomic E-state index is 13.7. The molecular weight excluding hydrogens is 354 g/mol. The van der Waals surface area contributed by atoms with E-state index in [1.165, 1.54) is 18.2 Å². The van der Waals surface area contributed by atoms with E-state index in [4.69, 9.17) is 5.73 Å². The van der Waals surface area contributed by atoms with Crippen LogP contribution < -0.4 is 10.5 Å². The highest BCUT2D eigenvalue weighted by molar-refractivity contribution is 9.10. The SMILES string of the molecule is Nc1cc(S(=O)(=O)Nc2ccccc2F)c(F)cc1Br. The highest BCUT2D eigenvalue weighted by Crippen LogP contribution is 2.27. The van der Waals surface area contributed by atoms with Crippen LogP contribution in [0.1, 0.15) is 0 Å². The summed E-state index contributed by atoms with van der Waals surface area (Å²) in [4.78, 5) is -0.651. The molecule has 0 spiro atoms. The van der Waals surface area contributed by atoms with Crippen LogP contribution in [-0.2, 0) is 10.0 Å². The molecule has 0 saturated carbocycles. The number of anilines is 2. The summed E-state index contributed by atoms with van der Waals surface area (Å²) in [5.41, 5.74) is 5.32. The lowest BCUT2D eigenvalue weighted by Crippen LogP contribution is -2.16. The number of rotatable bonds is 3. The summed E-state index contributed by atoms with van der Waals surface area (Å²) < 4.78 is 53.5. The van der Waals surface area contributed by atoms with Crippen LogP contribution in [0.15, 0.2) is 45.8 Å². The summed E-state index contributed by atoms with van der Waals surface area (Å²) in [5, 5.41) is 0. The molecule has 2 aromatic carbocycles. The minimum absolute atomic E-state index is 0.0558. The predicted molar refractivity (Wildman–Crippen MR) is 75.7 cm³/mol. The lowest BCUT2D eigenvalue weighted by Gasteiger charge is -2.10. The molecular formula is C12H9BrF2N2O2S. The van der Waals surface area contributed by atoms with E-state index in [0.29, 0.717) is 0 Å². The van der Waals surface area contributed by atoms with E-state index >= 15 is 0 Å². The van der Waals surface area contributed by atoms with Crippen molar-refractivity contribution in [2.24, 2.45) is 0 Å². The second-order valence-corrected chi connectivity index (χ2v) is 6.39. The standard InChI is InChI=1S/C12H9BrF2N2O2S/c13-7-5-9(15)12(6-10(7)16)20(18,19)17-11-4-2-1-3-8(11)14/h1-6,17H,16H2. The molecule has 0 aliphatic rings. The van der Waals surface area contributed by atoms with Crippen molar-refractivity contribution in [2.45, 2.75) is 4.90 Å². The smallest absolute Gasteiger partial charge is 0.264 e. The first kappa shape index (κ1) is 14.7. The Bertz CT molecular complexity index is 766. The summed E-state index contributed by atoms with van der Waals surface area (Å²) in [6.07, 6.45) is 0. The van der Waals surface area contributed by atoms with Gasteiger partial charge in [-0.1, -0.05) is 12.1 Å². The third kappa shape index (κ3) is 2.91. The molecule has 2 aromatic rings. The molecule has 0 aliphatic carbocycles. The van der Waals surface area contributed by atoms with E-state index < -0.39 is 26.6 Å². The Morgan fingerprint density at radius 1 is 1.10 bits per heavy atom. The van der Waals surface area contributed by atoms with Crippen LogP contribution in [0.5, 0.6) is 0 Å². The van der Waals surface area contributed by atoms with Gasteiger partial charge >= 0.3 is 0 Å². The van der Waals surface area contributed by atoms with Crippen LogP contribution in [0.3, 0.4) is 0 Å². The van der Waals surface area contributed by atoms with Gasteiger partial charge in [-0.15, -0.1) is 0 Å². The maximum absolute atomic E-state index is 13.7. The van der Waals surface area contributed by atoms with E-state index in [1.807, 2.05) is 4.72 Å². The number of benzene rings is 2. The van der Waals surface area contributed by atoms with Gasteiger partial charge in [-0.2, -0.15) is 0 Å². The Hall–Kier alpha value is -1.67. The van der Waals surface area contributed by atoms with Crippen LogP contribution in [0.2, 0.25) is 0 Å². The van der Waals surface area contributed by atoms with E-state index in [2.05, 4.69) is 15.9 Å². The van der Waals surface area contributed by atoms with Gasteiger partial charge in [0, 0.05) is 10.2 Å². The molecule has 0 saturated heterocycles. The van der Waals surface area contributed by atoms with Gasteiger partial charge in [0.15, 0.2) is 0 Å². The van der Waals surface area contributed by atoms with Gasteiger partial charge in [-0.25, -0.2) is 17.2 Å². The Morgan fingerprint density at radius 2 is 1.75 bits per heavy atom. The van der Waals surface area contributed by atoms with Crippen molar-refractivity contribution in [3.8, 4) is 0 Å². The summed E-state index contributed by atoms with van der Waals surface area (Å²) >= 11 is 2.99. The zero-order valence-corrected chi connectivity index (χ0v) is 12.3. The molecule has 4 nitrogen and oxygen atoms in total. The van der Waals surface area contributed by atoms with Crippen molar-refractivity contribution in [3.05, 3.63) is 52.5 Å². The Balaban J connectivity index is 2.47. The average Bonchev–Trinajstić information content (AvgIpc) is 2.36. The largest absolute Gasteiger partial charge is 0.398 e. The van der Waals surface area contributed by atoms with Crippen molar-refractivity contribution >= 4 is 37.3 Å². The number of nitrogens with two attached hydrogens (primary N) is 1. The van der Waals surface area contributed by atoms with Crippen molar-refractivity contribution < 1.29 is 17.2 Å². The van der Waals surface area contributed by atoms with Crippen molar-refractivity contribution in [2.75, 3.05) is 10.5 Å². The van der Waals surface area contributed by atoms with Gasteiger partial charge in [-0.3, -0.25) is 4.72 Å². The molecule has 0 aliphatic heterocycles. The summed E-state index contributed by atoms with van der Waals surface area (Å²) in [5.74, 6) is -1.75. The first-order valence-electron chi connectivity index (χ1n) is 5.33. The van der Waals surface area contributed by atoms with Gasteiger partial charge in [0.2, 0.25) is 0 Å². The van der Waals surface area contributed by atoms with Crippen LogP contribution >= 0.6 is 15.9 Å². The van der Waals surface area contributed by atoms with E-state index in [9.17, 15) is 17.2 Å². The number of para-hydroxylation sites is 1. The van der Waals surface area contributed by atoms with Crippen molar-refractivity contribution in [1.82, 2.24) is 0 Å². The number of hydrogen-bond acceptors (Lipinski definition) is 3. The third-order valence-corrected chi connectivity index (χ3v) is 4.53. The quantitative estimate of drug-likeness (QED) is 0.824. The minimum atomic E-state index is -4.27. The first-order chi connectivity index (χ1) is 9.31. The fraction of sp³-hybridized carbons (Fsp3) is 0. The van der Waals surface area contributed by atoms with E-state index in [0.717, 1.165) is 18.2 Å². The molecule has 3 N–H and O–H groups in total. The molecule has 0 fully saturated rings. The van der Waals surface area contributed by atoms with E-state index in [-0.39, 0.29) is 15.8 Å². The van der Waals surface area contributed by atoms with Crippen LogP contribution in [-0.4, -0.2) is 8.42 Å². The molecule has 0 bridgehead atoms. The number of halogens is 3. The zero-order valence-electron chi connectivity index (χ0n) is 9.90. The predicted octanol–water partition coefficient (Wildman–Crippen LogP) is 3.11. The molecule has 0 aromatic heterocycles. The molecule has 0 atom stereocenters. The Kier molecular flexibility index (Phi) is 3.96. The fourth-order valence-electron chi connectivity index (χ4n) is 1.49. The van der Waals surface area contributed by atoms with Gasteiger partial charge in [0.1, 0.15) is 16.5 Å². The molecule has 0 unspecified atom stereocenters. The maximum Gasteiger partial charge on any atom is 0.264 e. The van der Waals surface area contributed by atoms with Crippen molar-refractivity contribution in [3.63, 3.8) is 0 Å². The summed E-state index contributed by atoms with van der Waals surface area (Å²) in [6, 6.07) is 7.07. The highest BCUT2D eigenvalue weighted by atomic mass is 79.9. The molecule has 0 radical (unpaired) electrons. The Labute approximate surface area is 122 Å². The number of nitrogen functional groups attached to an aromatic ring is 1. The second kappa shape index (κ2) is 5.37. The molecule has 2 rings (SSSR count). The van der Waals surface area contributed by atoms with Gasteiger partial charge < -0.3 is 5.73 Å². The monoisotopic (exact) mass is 362 g/mol. The normalized spacial score (nSPS) is 11.3. The molecule has 8 heteroatoms. The number of hydrogen-bond donors (Lipinski definition) is 2. The molecule has 0 heterocycles. The number of sulfonamides is 1. The van der Waals surface area contributed by atoms with Gasteiger partial charge in [-0.05, 0) is 40.2 Å². The third-order valence-electron chi connectivity index (χ3n) is 2.46. The molecule has 0 amide bonds. The van der Waals surface area contributed by atoms with Crippen molar-refractivity contribution in [1.29, 1.82) is 0 Å². The van der Waals surface area contributed by atoms with E-state index in [1.54, 1.807) is 0 Å². The molecule has 20 heavy (non-hydrogen) atoms. The van der Waals surface area contributed by atoms with Gasteiger partial charge in [0.05, 0.1) is 5.69 Å². The van der Waals surface area contributed by atoms with Gasteiger partial charge in [0.25, 0.3) is 10.0 Å². The minimum Gasteiger partial charge on any atom is -0.398 e. The number of nitrogens with one attached hydrogen (secondary N) is 1. The second-order valence-electron chi connectivity index (χ2n) is 3.89. The Morgan fingerprint density at radius 3 is 2.40 bits per heavy atom. The summed E-state index contributed by atoms with van der Waals surface area (Å²) in [6.45, 7) is 0. The topological polar surface area (TPSA) is 72.2 Å². The van der Waals surface area contributed by atoms with Crippen LogP contribution in [0.25, 0.3) is 0 Å². The lowest BCUT2D eigenvalue weighted by molar-refractivity contribution is 0.569. The zero-order chi connectivity index (χ0) is 14.9. The highest BCUT2D eigenvalue weighted by Gasteiger charge is 2.21. The first-order valence-corrected chi connectivity index (χ1v) is 7.61. The fourth-order valence-corrected chi connectivity index (χ4v) is 2.97. The van der Waals surface area contributed by atoms with Crippen LogP contribution in [0.4, 0.5) is 20.2 Å². The lowest BCUT2D eigenvalue weighted by atomic mass is 10.3. The van der Waals surface area contributed by atoms with Crippen LogP contribution in [0, 0.1) is 11.6 Å². The summed E-state index contributed by atoms with van der Waals surface area (Å²) in [7, 11) is -4.27. The molecule has 106 valence electrons.